The van der Waals surface area contributed by atoms with Crippen LogP contribution in [0, 0.1) is 0 Å². The SMILES string of the molecule is CCC(CO)NCCCCCC(=O)O. The van der Waals surface area contributed by atoms with E-state index in [0.717, 1.165) is 32.2 Å². The molecular weight excluding hydrogens is 182 g/mol. The quantitative estimate of drug-likeness (QED) is 0.489. The van der Waals surface area contributed by atoms with E-state index < -0.39 is 5.97 Å². The van der Waals surface area contributed by atoms with Gasteiger partial charge in [-0.2, -0.15) is 0 Å². The predicted octanol–water partition coefficient (Wildman–Crippen LogP) is 0.992. The third-order valence-corrected chi connectivity index (χ3v) is 2.21. The lowest BCUT2D eigenvalue weighted by Gasteiger charge is -2.13. The maximum Gasteiger partial charge on any atom is 0.303 e. The fourth-order valence-corrected chi connectivity index (χ4v) is 1.22. The van der Waals surface area contributed by atoms with Crippen LogP contribution in [0.4, 0.5) is 0 Å². The topological polar surface area (TPSA) is 69.6 Å². The van der Waals surface area contributed by atoms with Crippen LogP contribution in [0.3, 0.4) is 0 Å². The molecule has 0 amide bonds. The van der Waals surface area contributed by atoms with Gasteiger partial charge in [-0.15, -0.1) is 0 Å². The number of aliphatic hydroxyl groups excluding tert-OH is 1. The second kappa shape index (κ2) is 8.97. The molecule has 14 heavy (non-hydrogen) atoms. The van der Waals surface area contributed by atoms with Gasteiger partial charge in [0.25, 0.3) is 0 Å². The minimum atomic E-state index is -0.722. The van der Waals surface area contributed by atoms with Crippen molar-refractivity contribution in [2.24, 2.45) is 0 Å². The number of aliphatic hydroxyl groups is 1. The molecule has 0 aromatic heterocycles. The summed E-state index contributed by atoms with van der Waals surface area (Å²) < 4.78 is 0. The van der Waals surface area contributed by atoms with E-state index in [9.17, 15) is 4.79 Å². The smallest absolute Gasteiger partial charge is 0.303 e. The zero-order chi connectivity index (χ0) is 10.8. The lowest BCUT2D eigenvalue weighted by atomic mass is 10.2. The zero-order valence-electron chi connectivity index (χ0n) is 8.83. The maximum atomic E-state index is 10.2. The highest BCUT2D eigenvalue weighted by atomic mass is 16.4. The van der Waals surface area contributed by atoms with Crippen molar-refractivity contribution in [3.05, 3.63) is 0 Å². The molecule has 0 aliphatic rings. The molecule has 0 aromatic carbocycles. The Labute approximate surface area is 85.3 Å². The molecule has 1 unspecified atom stereocenters. The second-order valence-corrected chi connectivity index (χ2v) is 3.45. The minimum Gasteiger partial charge on any atom is -0.481 e. The van der Waals surface area contributed by atoms with E-state index in [4.69, 9.17) is 10.2 Å². The van der Waals surface area contributed by atoms with Gasteiger partial charge in [0.05, 0.1) is 6.61 Å². The maximum absolute atomic E-state index is 10.2. The van der Waals surface area contributed by atoms with Crippen molar-refractivity contribution < 1.29 is 15.0 Å². The van der Waals surface area contributed by atoms with Gasteiger partial charge >= 0.3 is 5.97 Å². The van der Waals surface area contributed by atoms with Gasteiger partial charge in [-0.25, -0.2) is 0 Å². The molecule has 4 nitrogen and oxygen atoms in total. The molecule has 0 aliphatic carbocycles. The summed E-state index contributed by atoms with van der Waals surface area (Å²) in [6.45, 7) is 3.06. The average Bonchev–Trinajstić information content (AvgIpc) is 2.16. The Morgan fingerprint density at radius 1 is 1.36 bits per heavy atom. The summed E-state index contributed by atoms with van der Waals surface area (Å²) in [6, 6.07) is 0.189. The fourth-order valence-electron chi connectivity index (χ4n) is 1.22. The molecule has 0 saturated heterocycles. The third kappa shape index (κ3) is 8.01. The second-order valence-electron chi connectivity index (χ2n) is 3.45. The molecule has 0 radical (unpaired) electrons. The van der Waals surface area contributed by atoms with Gasteiger partial charge in [0, 0.05) is 12.5 Å². The van der Waals surface area contributed by atoms with Crippen molar-refractivity contribution in [3.63, 3.8) is 0 Å². The first-order valence-corrected chi connectivity index (χ1v) is 5.26. The number of aliphatic carboxylic acids is 1. The Kier molecular flexibility index (Phi) is 8.57. The molecule has 84 valence electrons. The summed E-state index contributed by atoms with van der Waals surface area (Å²) in [5.74, 6) is -0.722. The van der Waals surface area contributed by atoms with Gasteiger partial charge in [0.1, 0.15) is 0 Å². The molecule has 0 aliphatic heterocycles. The molecule has 0 heterocycles. The number of carboxylic acids is 1. The standard InChI is InChI=1S/C10H21NO3/c1-2-9(8-12)11-7-5-3-4-6-10(13)14/h9,11-12H,2-8H2,1H3,(H,13,14). The molecule has 0 fully saturated rings. The van der Waals surface area contributed by atoms with Crippen molar-refractivity contribution >= 4 is 5.97 Å². The summed E-state index contributed by atoms with van der Waals surface area (Å²) in [5.41, 5.74) is 0. The van der Waals surface area contributed by atoms with Crippen LogP contribution in [-0.4, -0.2) is 35.4 Å². The van der Waals surface area contributed by atoms with Crippen LogP contribution < -0.4 is 5.32 Å². The Morgan fingerprint density at radius 2 is 2.07 bits per heavy atom. The zero-order valence-corrected chi connectivity index (χ0v) is 8.83. The lowest BCUT2D eigenvalue weighted by Crippen LogP contribution is -2.32. The molecule has 0 spiro atoms. The van der Waals surface area contributed by atoms with Crippen LogP contribution in [-0.2, 0) is 4.79 Å². The number of hydrogen-bond acceptors (Lipinski definition) is 3. The van der Waals surface area contributed by atoms with E-state index in [0.29, 0.717) is 0 Å². The first kappa shape index (κ1) is 13.4. The molecular formula is C10H21NO3. The van der Waals surface area contributed by atoms with E-state index in [1.165, 1.54) is 0 Å². The highest BCUT2D eigenvalue weighted by molar-refractivity contribution is 5.66. The van der Waals surface area contributed by atoms with E-state index >= 15 is 0 Å². The Balaban J connectivity index is 3.16. The van der Waals surface area contributed by atoms with Crippen molar-refractivity contribution in [1.82, 2.24) is 5.32 Å². The Morgan fingerprint density at radius 3 is 2.57 bits per heavy atom. The van der Waals surface area contributed by atoms with E-state index in [2.05, 4.69) is 5.32 Å². The van der Waals surface area contributed by atoms with Crippen molar-refractivity contribution in [2.45, 2.75) is 45.1 Å². The van der Waals surface area contributed by atoms with E-state index in [-0.39, 0.29) is 19.1 Å². The number of carboxylic acid groups (broad SMARTS) is 1. The summed E-state index contributed by atoms with van der Waals surface area (Å²) in [5, 5.41) is 20.5. The van der Waals surface area contributed by atoms with Gasteiger partial charge in [-0.05, 0) is 25.8 Å². The summed E-state index contributed by atoms with van der Waals surface area (Å²) in [4.78, 5) is 10.2. The number of carbonyl (C=O) groups is 1. The number of rotatable bonds is 9. The number of unbranched alkanes of at least 4 members (excludes halogenated alkanes) is 2. The summed E-state index contributed by atoms with van der Waals surface area (Å²) in [7, 11) is 0. The van der Waals surface area contributed by atoms with E-state index in [1.807, 2.05) is 6.92 Å². The van der Waals surface area contributed by atoms with E-state index in [1.54, 1.807) is 0 Å². The molecule has 3 N–H and O–H groups in total. The van der Waals surface area contributed by atoms with Crippen molar-refractivity contribution in [1.29, 1.82) is 0 Å². The fraction of sp³-hybridized carbons (Fsp3) is 0.900. The highest BCUT2D eigenvalue weighted by Crippen LogP contribution is 1.99. The van der Waals surface area contributed by atoms with Crippen LogP contribution in [0.1, 0.15) is 39.0 Å². The summed E-state index contributed by atoms with van der Waals surface area (Å²) >= 11 is 0. The molecule has 4 heteroatoms. The highest BCUT2D eigenvalue weighted by Gasteiger charge is 2.02. The third-order valence-electron chi connectivity index (χ3n) is 2.21. The first-order valence-electron chi connectivity index (χ1n) is 5.26. The number of hydrogen-bond donors (Lipinski definition) is 3. The van der Waals surface area contributed by atoms with Gasteiger partial charge in [0.2, 0.25) is 0 Å². The number of nitrogens with one attached hydrogen (secondary N) is 1. The van der Waals surface area contributed by atoms with Gasteiger partial charge < -0.3 is 15.5 Å². The summed E-state index contributed by atoms with van der Waals surface area (Å²) in [6.07, 6.45) is 3.83. The van der Waals surface area contributed by atoms with Crippen LogP contribution in [0.25, 0.3) is 0 Å². The average molecular weight is 203 g/mol. The predicted molar refractivity (Wildman–Crippen MR) is 55.3 cm³/mol. The van der Waals surface area contributed by atoms with Crippen molar-refractivity contribution in [3.8, 4) is 0 Å². The van der Waals surface area contributed by atoms with Crippen molar-refractivity contribution in [2.75, 3.05) is 13.2 Å². The van der Waals surface area contributed by atoms with Gasteiger partial charge in [-0.1, -0.05) is 13.3 Å². The largest absolute Gasteiger partial charge is 0.481 e. The van der Waals surface area contributed by atoms with Crippen LogP contribution in [0.2, 0.25) is 0 Å². The minimum absolute atomic E-state index is 0.172. The lowest BCUT2D eigenvalue weighted by molar-refractivity contribution is -0.137. The Bertz CT molecular complexity index is 146. The molecule has 0 bridgehead atoms. The molecule has 1 atom stereocenters. The normalized spacial score (nSPS) is 12.7. The van der Waals surface area contributed by atoms with Crippen LogP contribution >= 0.6 is 0 Å². The monoisotopic (exact) mass is 203 g/mol. The molecule has 0 saturated carbocycles. The molecule has 0 aromatic rings. The molecule has 0 rings (SSSR count). The first-order chi connectivity index (χ1) is 6.70. The van der Waals surface area contributed by atoms with Crippen LogP contribution in [0.15, 0.2) is 0 Å². The Hall–Kier alpha value is -0.610. The van der Waals surface area contributed by atoms with Gasteiger partial charge in [-0.3, -0.25) is 4.79 Å². The van der Waals surface area contributed by atoms with Gasteiger partial charge in [0.15, 0.2) is 0 Å². The van der Waals surface area contributed by atoms with Crippen LogP contribution in [0.5, 0.6) is 0 Å².